The Morgan fingerprint density at radius 3 is 2.55 bits per heavy atom. The lowest BCUT2D eigenvalue weighted by molar-refractivity contribution is 0.569. The molecule has 2 rings (SSSR count). The van der Waals surface area contributed by atoms with Crippen LogP contribution in [0.15, 0.2) is 39.9 Å². The van der Waals surface area contributed by atoms with Crippen LogP contribution in [0.5, 0.6) is 0 Å². The number of nitrogens with one attached hydrogen (secondary N) is 1. The molecule has 4 nitrogen and oxygen atoms in total. The second-order valence-corrected chi connectivity index (χ2v) is 7.66. The van der Waals surface area contributed by atoms with E-state index in [1.807, 2.05) is 0 Å². The van der Waals surface area contributed by atoms with Gasteiger partial charge in [0.1, 0.15) is 4.21 Å². The fraction of sp³-hybridized carbons (Fsp3) is 0.231. The Hall–Kier alpha value is -0.920. The first-order valence-electron chi connectivity index (χ1n) is 5.97. The summed E-state index contributed by atoms with van der Waals surface area (Å²) < 4.78 is 27.4. The molecule has 2 aromatic rings. The van der Waals surface area contributed by atoms with Gasteiger partial charge in [0.25, 0.3) is 10.0 Å². The summed E-state index contributed by atoms with van der Waals surface area (Å²) in [5.74, 6) is 0. The quantitative estimate of drug-likeness (QED) is 0.885. The zero-order valence-electron chi connectivity index (χ0n) is 10.8. The van der Waals surface area contributed by atoms with E-state index in [1.165, 1.54) is 11.3 Å². The molecule has 20 heavy (non-hydrogen) atoms. The van der Waals surface area contributed by atoms with Gasteiger partial charge in [-0.1, -0.05) is 23.7 Å². The number of thiophene rings is 1. The van der Waals surface area contributed by atoms with Crippen LogP contribution in [0.25, 0.3) is 0 Å². The largest absolute Gasteiger partial charge is 0.326 e. The van der Waals surface area contributed by atoms with Gasteiger partial charge in [-0.05, 0) is 41.6 Å². The molecule has 0 aliphatic heterocycles. The van der Waals surface area contributed by atoms with E-state index >= 15 is 0 Å². The van der Waals surface area contributed by atoms with E-state index in [-0.39, 0.29) is 10.3 Å². The van der Waals surface area contributed by atoms with E-state index in [1.54, 1.807) is 42.6 Å². The lowest BCUT2D eigenvalue weighted by Crippen LogP contribution is -2.26. The maximum absolute atomic E-state index is 12.2. The van der Waals surface area contributed by atoms with Crippen LogP contribution in [0, 0.1) is 0 Å². The standard InChI is InChI=1S/C13H15ClN2O2S2/c1-9(11-2-4-12(14)5-3-11)16-20(17,18)13-6-10(7-15)8-19-13/h2-6,8-9,16H,7,15H2,1H3. The number of rotatable bonds is 5. The van der Waals surface area contributed by atoms with Crippen LogP contribution in [-0.2, 0) is 16.6 Å². The molecule has 108 valence electrons. The van der Waals surface area contributed by atoms with Gasteiger partial charge in [-0.25, -0.2) is 13.1 Å². The molecule has 1 aromatic carbocycles. The highest BCUT2D eigenvalue weighted by Crippen LogP contribution is 2.23. The molecule has 0 bridgehead atoms. The van der Waals surface area contributed by atoms with Gasteiger partial charge in [0, 0.05) is 17.6 Å². The molecule has 0 spiro atoms. The Kier molecular flexibility index (Phi) is 4.82. The van der Waals surface area contributed by atoms with Gasteiger partial charge >= 0.3 is 0 Å². The van der Waals surface area contributed by atoms with Crippen molar-refractivity contribution in [1.29, 1.82) is 0 Å². The number of hydrogen-bond donors (Lipinski definition) is 2. The predicted octanol–water partition coefficient (Wildman–Crippen LogP) is 2.90. The first-order valence-corrected chi connectivity index (χ1v) is 8.72. The van der Waals surface area contributed by atoms with Crippen LogP contribution in [0.3, 0.4) is 0 Å². The molecule has 1 atom stereocenters. The van der Waals surface area contributed by atoms with E-state index < -0.39 is 10.0 Å². The molecule has 1 aromatic heterocycles. The molecule has 0 aliphatic carbocycles. The molecule has 0 aliphatic rings. The second-order valence-electron chi connectivity index (χ2n) is 4.37. The van der Waals surface area contributed by atoms with E-state index in [0.717, 1.165) is 11.1 Å². The maximum atomic E-state index is 12.2. The smallest absolute Gasteiger partial charge is 0.250 e. The first kappa shape index (κ1) is 15.5. The van der Waals surface area contributed by atoms with Crippen molar-refractivity contribution in [2.75, 3.05) is 0 Å². The van der Waals surface area contributed by atoms with Crippen LogP contribution in [0.4, 0.5) is 0 Å². The number of halogens is 1. The van der Waals surface area contributed by atoms with Gasteiger partial charge in [-0.15, -0.1) is 11.3 Å². The van der Waals surface area contributed by atoms with Gasteiger partial charge < -0.3 is 5.73 Å². The Morgan fingerprint density at radius 1 is 1.35 bits per heavy atom. The lowest BCUT2D eigenvalue weighted by Gasteiger charge is -2.13. The third-order valence-corrected chi connectivity index (χ3v) is 6.11. The first-order chi connectivity index (χ1) is 9.42. The molecule has 0 amide bonds. The second kappa shape index (κ2) is 6.24. The number of hydrogen-bond acceptors (Lipinski definition) is 4. The Bertz CT molecular complexity index is 681. The van der Waals surface area contributed by atoms with Crippen LogP contribution in [0.1, 0.15) is 24.1 Å². The molecule has 0 saturated carbocycles. The third kappa shape index (κ3) is 3.59. The maximum Gasteiger partial charge on any atom is 0.250 e. The van der Waals surface area contributed by atoms with Crippen molar-refractivity contribution >= 4 is 33.0 Å². The summed E-state index contributed by atoms with van der Waals surface area (Å²) in [6.07, 6.45) is 0. The highest BCUT2D eigenvalue weighted by molar-refractivity contribution is 7.91. The summed E-state index contributed by atoms with van der Waals surface area (Å²) in [7, 11) is -3.53. The monoisotopic (exact) mass is 330 g/mol. The SMILES string of the molecule is CC(NS(=O)(=O)c1cc(CN)cs1)c1ccc(Cl)cc1. The predicted molar refractivity (Wildman–Crippen MR) is 82.4 cm³/mol. The van der Waals surface area contributed by atoms with Gasteiger partial charge in [-0.2, -0.15) is 0 Å². The fourth-order valence-electron chi connectivity index (χ4n) is 1.71. The van der Waals surface area contributed by atoms with Crippen LogP contribution >= 0.6 is 22.9 Å². The Balaban J connectivity index is 2.17. The Morgan fingerprint density at radius 2 is 2.00 bits per heavy atom. The van der Waals surface area contributed by atoms with Crippen molar-refractivity contribution in [1.82, 2.24) is 4.72 Å². The molecular formula is C13H15ClN2O2S2. The zero-order chi connectivity index (χ0) is 14.8. The van der Waals surface area contributed by atoms with Gasteiger partial charge in [0.2, 0.25) is 0 Å². The molecule has 1 unspecified atom stereocenters. The summed E-state index contributed by atoms with van der Waals surface area (Å²) >= 11 is 6.98. The third-order valence-electron chi connectivity index (χ3n) is 2.83. The highest BCUT2D eigenvalue weighted by atomic mass is 35.5. The van der Waals surface area contributed by atoms with Gasteiger partial charge in [-0.3, -0.25) is 0 Å². The Labute approximate surface area is 127 Å². The lowest BCUT2D eigenvalue weighted by atomic mass is 10.1. The molecule has 0 fully saturated rings. The fourth-order valence-corrected chi connectivity index (χ4v) is 4.31. The molecule has 0 saturated heterocycles. The van der Waals surface area contributed by atoms with Crippen molar-refractivity contribution in [2.24, 2.45) is 5.73 Å². The average Bonchev–Trinajstić information content (AvgIpc) is 2.88. The van der Waals surface area contributed by atoms with Crippen molar-refractivity contribution in [3.05, 3.63) is 51.9 Å². The van der Waals surface area contributed by atoms with Crippen LogP contribution in [-0.4, -0.2) is 8.42 Å². The van der Waals surface area contributed by atoms with Crippen molar-refractivity contribution in [2.45, 2.75) is 23.7 Å². The number of sulfonamides is 1. The minimum atomic E-state index is -3.53. The van der Waals surface area contributed by atoms with Crippen LogP contribution in [0.2, 0.25) is 5.02 Å². The molecule has 0 radical (unpaired) electrons. The summed E-state index contributed by atoms with van der Waals surface area (Å²) in [5.41, 5.74) is 7.16. The van der Waals surface area contributed by atoms with Gasteiger partial charge in [0.05, 0.1) is 0 Å². The molecule has 1 heterocycles. The number of nitrogens with two attached hydrogens (primary N) is 1. The van der Waals surface area contributed by atoms with Crippen molar-refractivity contribution in [3.8, 4) is 0 Å². The summed E-state index contributed by atoms with van der Waals surface area (Å²) in [5, 5.41) is 2.37. The van der Waals surface area contributed by atoms with Gasteiger partial charge in [0.15, 0.2) is 0 Å². The molecular weight excluding hydrogens is 316 g/mol. The topological polar surface area (TPSA) is 72.2 Å². The summed E-state index contributed by atoms with van der Waals surface area (Å²) in [6, 6.07) is 8.34. The highest BCUT2D eigenvalue weighted by Gasteiger charge is 2.20. The van der Waals surface area contributed by atoms with E-state index in [0.29, 0.717) is 11.6 Å². The molecule has 3 N–H and O–H groups in total. The summed E-state index contributed by atoms with van der Waals surface area (Å²) in [4.78, 5) is 0. The average molecular weight is 331 g/mol. The van der Waals surface area contributed by atoms with E-state index in [4.69, 9.17) is 17.3 Å². The minimum Gasteiger partial charge on any atom is -0.326 e. The summed E-state index contributed by atoms with van der Waals surface area (Å²) in [6.45, 7) is 2.12. The van der Waals surface area contributed by atoms with Crippen LogP contribution < -0.4 is 10.5 Å². The van der Waals surface area contributed by atoms with Crippen molar-refractivity contribution in [3.63, 3.8) is 0 Å². The zero-order valence-corrected chi connectivity index (χ0v) is 13.2. The van der Waals surface area contributed by atoms with E-state index in [2.05, 4.69) is 4.72 Å². The minimum absolute atomic E-state index is 0.277. The molecule has 7 heteroatoms. The number of benzene rings is 1. The van der Waals surface area contributed by atoms with E-state index in [9.17, 15) is 8.42 Å². The normalized spacial score (nSPS) is 13.3. The van der Waals surface area contributed by atoms with Crippen molar-refractivity contribution < 1.29 is 8.42 Å².